The van der Waals surface area contributed by atoms with Crippen molar-refractivity contribution >= 4 is 48.3 Å². The van der Waals surface area contributed by atoms with E-state index in [0.29, 0.717) is 35.0 Å². The van der Waals surface area contributed by atoms with Gasteiger partial charge in [-0.2, -0.15) is 26.3 Å². The van der Waals surface area contributed by atoms with E-state index in [1.807, 2.05) is 37.1 Å². The van der Waals surface area contributed by atoms with Crippen LogP contribution in [0.3, 0.4) is 0 Å². The Morgan fingerprint density at radius 3 is 1.32 bits per heavy atom. The van der Waals surface area contributed by atoms with Gasteiger partial charge >= 0.3 is 12.4 Å². The molecule has 0 bridgehead atoms. The van der Waals surface area contributed by atoms with Crippen molar-refractivity contribution in [3.05, 3.63) is 95.0 Å². The molecular weight excluding hydrogens is 950 g/mol. The normalized spacial score (nSPS) is 22.6. The van der Waals surface area contributed by atoms with Gasteiger partial charge in [0.15, 0.2) is 34.6 Å². The second-order valence-electron chi connectivity index (χ2n) is 17.5. The smallest absolute Gasteiger partial charge is 0.416 e. The zero-order valence-corrected chi connectivity index (χ0v) is 39.9. The molecule has 4 aromatic heterocycles. The largest absolute Gasteiger partial charge is 0.440 e. The molecule has 356 valence electrons. The molecule has 66 heavy (non-hydrogen) atoms. The van der Waals surface area contributed by atoms with Gasteiger partial charge in [-0.05, 0) is 111 Å². The third kappa shape index (κ3) is 10.3. The molecule has 4 fully saturated rings. The van der Waals surface area contributed by atoms with Crippen LogP contribution in [0.25, 0.3) is 23.2 Å². The lowest BCUT2D eigenvalue weighted by atomic mass is 9.97. The number of thioether (sulfide) groups is 2. The summed E-state index contributed by atoms with van der Waals surface area (Å²) >= 11 is 3.32. The van der Waals surface area contributed by atoms with E-state index in [-0.39, 0.29) is 35.6 Å². The Kier molecular flexibility index (Phi) is 14.7. The molecule has 4 atom stereocenters. The van der Waals surface area contributed by atoms with Crippen LogP contribution in [0.5, 0.6) is 0 Å². The predicted octanol–water partition coefficient (Wildman–Crippen LogP) is 10.4. The summed E-state index contributed by atoms with van der Waals surface area (Å²) in [5, 5.41) is 18.7. The fourth-order valence-electron chi connectivity index (χ4n) is 9.54. The van der Waals surface area contributed by atoms with E-state index < -0.39 is 23.5 Å². The molecule has 0 radical (unpaired) electrons. The summed E-state index contributed by atoms with van der Waals surface area (Å²) < 4.78 is 91.6. The average Bonchev–Trinajstić information content (AvgIpc) is 3.61. The fraction of sp³-hybridized carbons (Fsp3) is 0.500. The van der Waals surface area contributed by atoms with E-state index in [9.17, 15) is 26.3 Å². The Morgan fingerprint density at radius 1 is 0.606 bits per heavy atom. The van der Waals surface area contributed by atoms with Crippen molar-refractivity contribution in [2.24, 2.45) is 24.9 Å². The summed E-state index contributed by atoms with van der Waals surface area (Å²) in [6.07, 6.45) is -1.42. The number of alkyl halides is 6. The van der Waals surface area contributed by atoms with Crippen molar-refractivity contribution in [3.63, 3.8) is 0 Å². The molecule has 2 saturated carbocycles. The standard InChI is InChI=1S/2C22H24F3N5OS.2ClH/c2*1-14-18(31-13-26-14)19-27-28-20(29(19)2)32-10-9-30-8-7-21(12-30)11-17(21)15-3-5-16(6-4-15)22(23,24)25;;/h2*3-6,13,17H,7-12H2,1-2H3;2*1H/t2*17-,21-;;/m10../s1. The maximum atomic E-state index is 12.8. The Balaban J connectivity index is 0.000000191. The van der Waals surface area contributed by atoms with E-state index >= 15 is 0 Å². The predicted molar refractivity (Wildman–Crippen MR) is 243 cm³/mol. The van der Waals surface area contributed by atoms with Crippen molar-refractivity contribution in [2.75, 3.05) is 50.8 Å². The summed E-state index contributed by atoms with van der Waals surface area (Å²) in [4.78, 5) is 13.1. The van der Waals surface area contributed by atoms with E-state index in [0.717, 1.165) is 109 Å². The number of oxazole rings is 2. The molecule has 2 spiro atoms. The fourth-order valence-corrected chi connectivity index (χ4v) is 11.4. The van der Waals surface area contributed by atoms with Crippen LogP contribution in [-0.4, -0.2) is 100 Å². The second-order valence-corrected chi connectivity index (χ2v) is 19.6. The number of rotatable bonds is 12. The molecule has 2 aliphatic heterocycles. The first kappa shape index (κ1) is 49.8. The van der Waals surface area contributed by atoms with Gasteiger partial charge in [0.05, 0.1) is 22.5 Å². The SMILES string of the molecule is Cc1ncoc1-c1nnc(SCCN2CC[C@@]3(C[C@@H]3c3ccc(C(F)(F)F)cc3)C2)n1C.Cc1ncoc1-c1nnc(SCCN2CC[C@]3(C[C@H]3c3ccc(C(F)(F)F)cc3)C2)n1C.Cl.Cl. The van der Waals surface area contributed by atoms with Crippen molar-refractivity contribution in [1.29, 1.82) is 0 Å². The molecule has 6 heterocycles. The van der Waals surface area contributed by atoms with Crippen molar-refractivity contribution in [2.45, 2.75) is 74.0 Å². The number of halogens is 8. The number of hydrogen-bond acceptors (Lipinski definition) is 12. The van der Waals surface area contributed by atoms with Crippen molar-refractivity contribution in [3.8, 4) is 23.2 Å². The Bertz CT molecular complexity index is 2410. The summed E-state index contributed by atoms with van der Waals surface area (Å²) in [7, 11) is 3.84. The number of benzene rings is 2. The first-order valence-corrected chi connectivity index (χ1v) is 23.1. The van der Waals surface area contributed by atoms with E-state index in [1.54, 1.807) is 47.8 Å². The zero-order valence-electron chi connectivity index (χ0n) is 36.6. The number of aryl methyl sites for hydroxylation is 2. The lowest BCUT2D eigenvalue weighted by Gasteiger charge is -2.16. The number of nitrogens with zero attached hydrogens (tertiary/aromatic N) is 10. The molecular formula is C44H50Cl2F6N10O2S2. The highest BCUT2D eigenvalue weighted by Crippen LogP contribution is 2.65. The minimum atomic E-state index is -4.28. The van der Waals surface area contributed by atoms with Crippen LogP contribution < -0.4 is 0 Å². The Morgan fingerprint density at radius 2 is 0.985 bits per heavy atom. The number of aromatic nitrogens is 8. The summed E-state index contributed by atoms with van der Waals surface area (Å²) in [6, 6.07) is 11.5. The Hall–Kier alpha value is -4.08. The van der Waals surface area contributed by atoms with Gasteiger partial charge in [-0.15, -0.1) is 45.2 Å². The van der Waals surface area contributed by atoms with Crippen LogP contribution in [0.1, 0.15) is 71.2 Å². The molecule has 2 aliphatic carbocycles. The van der Waals surface area contributed by atoms with Crippen LogP contribution in [0.2, 0.25) is 0 Å². The number of hydrogen-bond donors (Lipinski definition) is 0. The van der Waals surface area contributed by atoms with E-state index in [2.05, 4.69) is 40.2 Å². The van der Waals surface area contributed by atoms with Gasteiger partial charge < -0.3 is 27.8 Å². The van der Waals surface area contributed by atoms with E-state index in [4.69, 9.17) is 8.83 Å². The summed E-state index contributed by atoms with van der Waals surface area (Å²) in [5.74, 6) is 5.13. The van der Waals surface area contributed by atoms with Gasteiger partial charge in [0, 0.05) is 51.8 Å². The minimum absolute atomic E-state index is 0. The second kappa shape index (κ2) is 19.5. The van der Waals surface area contributed by atoms with Gasteiger partial charge in [-0.25, -0.2) is 9.97 Å². The molecule has 0 amide bonds. The van der Waals surface area contributed by atoms with Crippen LogP contribution in [0, 0.1) is 24.7 Å². The third-order valence-electron chi connectivity index (χ3n) is 13.4. The molecule has 12 nitrogen and oxygen atoms in total. The molecule has 6 aromatic rings. The van der Waals surface area contributed by atoms with Crippen LogP contribution in [-0.2, 0) is 26.4 Å². The van der Waals surface area contributed by atoms with E-state index in [1.165, 1.54) is 37.1 Å². The highest BCUT2D eigenvalue weighted by Gasteiger charge is 2.58. The molecule has 10 rings (SSSR count). The highest BCUT2D eigenvalue weighted by atomic mass is 35.5. The monoisotopic (exact) mass is 998 g/mol. The van der Waals surface area contributed by atoms with Gasteiger partial charge in [-0.3, -0.25) is 0 Å². The molecule has 0 N–H and O–H groups in total. The Labute approximate surface area is 398 Å². The third-order valence-corrected chi connectivity index (χ3v) is 15.4. The molecule has 2 saturated heterocycles. The first-order chi connectivity index (χ1) is 30.5. The zero-order chi connectivity index (χ0) is 45.0. The van der Waals surface area contributed by atoms with Crippen LogP contribution in [0.4, 0.5) is 26.3 Å². The quantitative estimate of drug-likeness (QED) is 0.0857. The molecule has 2 aromatic carbocycles. The van der Waals surface area contributed by atoms with Crippen LogP contribution in [0.15, 0.2) is 80.5 Å². The van der Waals surface area contributed by atoms with Crippen LogP contribution >= 0.6 is 48.3 Å². The lowest BCUT2D eigenvalue weighted by Crippen LogP contribution is -2.24. The average molecular weight is 1000 g/mol. The number of likely N-dealkylation sites (tertiary alicyclic amines) is 2. The molecule has 0 unspecified atom stereocenters. The molecule has 22 heteroatoms. The van der Waals surface area contributed by atoms with Gasteiger partial charge in [0.25, 0.3) is 0 Å². The minimum Gasteiger partial charge on any atom is -0.440 e. The summed E-state index contributed by atoms with van der Waals surface area (Å²) in [5.41, 5.74) is 2.93. The topological polar surface area (TPSA) is 120 Å². The lowest BCUT2D eigenvalue weighted by molar-refractivity contribution is -0.138. The van der Waals surface area contributed by atoms with Crippen molar-refractivity contribution < 1.29 is 35.2 Å². The molecule has 4 aliphatic rings. The first-order valence-electron chi connectivity index (χ1n) is 21.2. The van der Waals surface area contributed by atoms with Crippen molar-refractivity contribution in [1.82, 2.24) is 49.3 Å². The van der Waals surface area contributed by atoms with Gasteiger partial charge in [0.1, 0.15) is 0 Å². The summed E-state index contributed by atoms with van der Waals surface area (Å²) in [6.45, 7) is 9.68. The maximum absolute atomic E-state index is 12.8. The van der Waals surface area contributed by atoms with Gasteiger partial charge in [-0.1, -0.05) is 47.8 Å². The highest BCUT2D eigenvalue weighted by molar-refractivity contribution is 7.99. The van der Waals surface area contributed by atoms with Gasteiger partial charge in [0.2, 0.25) is 11.6 Å². The maximum Gasteiger partial charge on any atom is 0.416 e.